The number of benzene rings is 6. The average molecular weight is 675 g/mol. The molecule has 0 N–H and O–H groups in total. The van der Waals surface area contributed by atoms with Crippen LogP contribution in [0, 0.1) is 20.8 Å². The van der Waals surface area contributed by atoms with Gasteiger partial charge in [0.25, 0.3) is 11.4 Å². The maximum Gasteiger partial charge on any atom is 0.284 e. The van der Waals surface area contributed by atoms with Gasteiger partial charge in [-0.3, -0.25) is 0 Å². The van der Waals surface area contributed by atoms with Crippen LogP contribution in [0.4, 0.5) is 0 Å². The molecule has 8 aromatic rings. The molecule has 0 amide bonds. The lowest BCUT2D eigenvalue weighted by molar-refractivity contribution is -1.29. The first-order chi connectivity index (χ1) is 24.9. The van der Waals surface area contributed by atoms with E-state index in [1.807, 2.05) is 0 Å². The number of fused-ring (bicyclic) bond motifs is 9. The van der Waals surface area contributed by atoms with Crippen molar-refractivity contribution in [2.24, 2.45) is 0 Å². The van der Waals surface area contributed by atoms with Gasteiger partial charge in [0, 0.05) is 29.7 Å². The van der Waals surface area contributed by atoms with Crippen molar-refractivity contribution in [2.75, 3.05) is 0 Å². The van der Waals surface area contributed by atoms with Crippen LogP contribution in [0.3, 0.4) is 0 Å². The average Bonchev–Trinajstić information content (AvgIpc) is 3.35. The van der Waals surface area contributed by atoms with Crippen molar-refractivity contribution >= 4 is 32.3 Å². The van der Waals surface area contributed by atoms with Gasteiger partial charge in [-0.15, -0.1) is 0 Å². The maximum absolute atomic E-state index is 2.46. The molecule has 2 nitrogen and oxygen atoms in total. The highest BCUT2D eigenvalue weighted by atomic mass is 15.4. The standard InChI is InChI=1S/C50H46N2/c1-31-21-23-51(47(25-31)40-29-43-38-18-12-10-16-36(38)35-15-9-11-17-37(35)42(43)26-32(40)2)52-24-22-34(49(4,5)6)28-48(52)41-30-44-39-19-13-14-20-45(39)50(7,8)46(44)27-33(41)3/h9-30H,1-8H3/q+2. The largest absolute Gasteiger partial charge is 0.284 e. The molecular weight excluding hydrogens is 629 g/mol. The first-order valence-electron chi connectivity index (χ1n) is 18.6. The van der Waals surface area contributed by atoms with E-state index in [-0.39, 0.29) is 10.8 Å². The van der Waals surface area contributed by atoms with Gasteiger partial charge in [0.2, 0.25) is 12.4 Å². The first-order valence-corrected chi connectivity index (χ1v) is 18.6. The summed E-state index contributed by atoms with van der Waals surface area (Å²) in [6.07, 6.45) is 4.52. The lowest BCUT2D eigenvalue weighted by Gasteiger charge is -2.22. The molecule has 0 saturated heterocycles. The van der Waals surface area contributed by atoms with E-state index in [2.05, 4.69) is 198 Å². The molecule has 2 aromatic heterocycles. The monoisotopic (exact) mass is 674 g/mol. The summed E-state index contributed by atoms with van der Waals surface area (Å²) in [6, 6.07) is 45.7. The number of pyridine rings is 2. The predicted octanol–water partition coefficient (Wildman–Crippen LogP) is 11.9. The molecule has 52 heavy (non-hydrogen) atoms. The van der Waals surface area contributed by atoms with Crippen molar-refractivity contribution in [1.82, 2.24) is 0 Å². The van der Waals surface area contributed by atoms with Gasteiger partial charge in [-0.25, -0.2) is 0 Å². The third-order valence-electron chi connectivity index (χ3n) is 11.7. The van der Waals surface area contributed by atoms with Crippen LogP contribution in [0.2, 0.25) is 0 Å². The Balaban J connectivity index is 1.32. The van der Waals surface area contributed by atoms with Crippen LogP contribution in [0.1, 0.15) is 68.0 Å². The molecule has 6 aromatic carbocycles. The van der Waals surface area contributed by atoms with E-state index in [0.717, 1.165) is 5.69 Å². The Bertz CT molecular complexity index is 2780. The van der Waals surface area contributed by atoms with Crippen LogP contribution in [0.5, 0.6) is 0 Å². The van der Waals surface area contributed by atoms with Gasteiger partial charge < -0.3 is 0 Å². The Morgan fingerprint density at radius 2 is 0.962 bits per heavy atom. The fraction of sp³-hybridized carbons (Fsp3) is 0.200. The molecule has 1 aliphatic rings. The maximum atomic E-state index is 2.46. The van der Waals surface area contributed by atoms with E-state index < -0.39 is 0 Å². The second-order valence-corrected chi connectivity index (χ2v) is 16.5. The summed E-state index contributed by atoms with van der Waals surface area (Å²) in [7, 11) is 0. The van der Waals surface area contributed by atoms with Gasteiger partial charge in [0.15, 0.2) is 0 Å². The van der Waals surface area contributed by atoms with Crippen molar-refractivity contribution in [1.29, 1.82) is 0 Å². The van der Waals surface area contributed by atoms with E-state index in [0.29, 0.717) is 0 Å². The summed E-state index contributed by atoms with van der Waals surface area (Å²) in [4.78, 5) is 0. The third-order valence-corrected chi connectivity index (χ3v) is 11.7. The molecule has 0 bridgehead atoms. The van der Waals surface area contributed by atoms with Crippen LogP contribution >= 0.6 is 0 Å². The Labute approximate surface area is 307 Å². The number of aryl methyl sites for hydroxylation is 3. The number of nitrogens with zero attached hydrogens (tertiary/aromatic N) is 2. The summed E-state index contributed by atoms with van der Waals surface area (Å²) in [5, 5.41) is 7.77. The van der Waals surface area contributed by atoms with E-state index >= 15 is 0 Å². The summed E-state index contributed by atoms with van der Waals surface area (Å²) in [5.41, 5.74) is 15.4. The van der Waals surface area contributed by atoms with Crippen LogP contribution < -0.4 is 9.35 Å². The topological polar surface area (TPSA) is 7.76 Å². The van der Waals surface area contributed by atoms with E-state index in [1.54, 1.807) is 0 Å². The molecular formula is C50H46N2+2. The molecule has 9 rings (SSSR count). The highest BCUT2D eigenvalue weighted by Crippen LogP contribution is 2.50. The fourth-order valence-electron chi connectivity index (χ4n) is 8.80. The molecule has 2 heteroatoms. The normalized spacial score (nSPS) is 13.5. The first kappa shape index (κ1) is 32.3. The SMILES string of the molecule is Cc1cc[n+](-[n+]2ccc(C(C)(C)C)cc2-c2cc3c(cc2C)C(C)(C)c2ccccc2-3)c(-c2cc3c4ccccc4c4ccccc4c3cc2C)c1. The van der Waals surface area contributed by atoms with Crippen LogP contribution in [-0.4, -0.2) is 0 Å². The minimum Gasteiger partial charge on any atom is -0.0619 e. The number of hydrogen-bond acceptors (Lipinski definition) is 0. The molecule has 0 aliphatic heterocycles. The number of rotatable bonds is 3. The van der Waals surface area contributed by atoms with Crippen LogP contribution in [0.25, 0.3) is 66.0 Å². The lowest BCUT2D eigenvalue weighted by atomic mass is 9.81. The Morgan fingerprint density at radius 1 is 0.442 bits per heavy atom. The molecule has 0 unspecified atom stereocenters. The second kappa shape index (κ2) is 11.5. The predicted molar refractivity (Wildman–Crippen MR) is 218 cm³/mol. The lowest BCUT2D eigenvalue weighted by Crippen LogP contribution is -2.68. The van der Waals surface area contributed by atoms with Gasteiger partial charge in [0.1, 0.15) is 0 Å². The van der Waals surface area contributed by atoms with E-state index in [1.165, 1.54) is 93.6 Å². The zero-order valence-corrected chi connectivity index (χ0v) is 31.6. The van der Waals surface area contributed by atoms with Gasteiger partial charge in [-0.05, 0) is 121 Å². The van der Waals surface area contributed by atoms with Crippen molar-refractivity contribution in [3.8, 4) is 33.6 Å². The van der Waals surface area contributed by atoms with Crippen molar-refractivity contribution in [2.45, 2.75) is 66.2 Å². The molecule has 0 saturated carbocycles. The van der Waals surface area contributed by atoms with E-state index in [9.17, 15) is 0 Å². The number of aromatic nitrogens is 2. The zero-order valence-electron chi connectivity index (χ0n) is 31.6. The molecule has 0 fully saturated rings. The second-order valence-electron chi connectivity index (χ2n) is 16.5. The molecule has 0 atom stereocenters. The van der Waals surface area contributed by atoms with Crippen LogP contribution in [-0.2, 0) is 10.8 Å². The summed E-state index contributed by atoms with van der Waals surface area (Å²) in [6.45, 7) is 18.4. The number of hydrogen-bond donors (Lipinski definition) is 0. The smallest absolute Gasteiger partial charge is 0.0619 e. The van der Waals surface area contributed by atoms with E-state index in [4.69, 9.17) is 0 Å². The fourth-order valence-corrected chi connectivity index (χ4v) is 8.80. The molecule has 254 valence electrons. The molecule has 2 heterocycles. The minimum absolute atomic E-state index is 0.00734. The summed E-state index contributed by atoms with van der Waals surface area (Å²) in [5.74, 6) is 0. The van der Waals surface area contributed by atoms with Gasteiger partial charge >= 0.3 is 0 Å². The molecule has 0 spiro atoms. The summed E-state index contributed by atoms with van der Waals surface area (Å²) >= 11 is 0. The summed E-state index contributed by atoms with van der Waals surface area (Å²) < 4.78 is 4.73. The quantitative estimate of drug-likeness (QED) is 0.130. The highest BCUT2D eigenvalue weighted by molar-refractivity contribution is 6.25. The van der Waals surface area contributed by atoms with Crippen molar-refractivity contribution in [3.05, 3.63) is 167 Å². The Hall–Kier alpha value is -5.60. The zero-order chi connectivity index (χ0) is 36.1. The third kappa shape index (κ3) is 4.84. The minimum atomic E-state index is -0.0412. The van der Waals surface area contributed by atoms with Crippen molar-refractivity contribution < 1.29 is 9.35 Å². The Kier molecular flexibility index (Phi) is 7.12. The highest BCUT2D eigenvalue weighted by Gasteiger charge is 2.38. The Morgan fingerprint density at radius 3 is 1.62 bits per heavy atom. The molecule has 1 aliphatic carbocycles. The van der Waals surface area contributed by atoms with Crippen molar-refractivity contribution in [3.63, 3.8) is 0 Å². The van der Waals surface area contributed by atoms with Gasteiger partial charge in [-0.1, -0.05) is 113 Å². The van der Waals surface area contributed by atoms with Gasteiger partial charge in [0.05, 0.1) is 20.5 Å². The molecule has 0 radical (unpaired) electrons. The van der Waals surface area contributed by atoms with Crippen LogP contribution in [0.15, 0.2) is 134 Å². The van der Waals surface area contributed by atoms with Gasteiger partial charge in [-0.2, -0.15) is 0 Å².